The van der Waals surface area contributed by atoms with Crippen LogP contribution in [-0.2, 0) is 0 Å². The lowest BCUT2D eigenvalue weighted by Crippen LogP contribution is -2.42. The Hall–Kier alpha value is -1.06. The van der Waals surface area contributed by atoms with E-state index >= 15 is 0 Å². The zero-order valence-electron chi connectivity index (χ0n) is 13.1. The average Bonchev–Trinajstić information content (AvgIpc) is 2.89. The summed E-state index contributed by atoms with van der Waals surface area (Å²) in [6, 6.07) is 0.465. The second-order valence-corrected chi connectivity index (χ2v) is 6.90. The van der Waals surface area contributed by atoms with Crippen LogP contribution in [0.1, 0.15) is 45.4 Å². The summed E-state index contributed by atoms with van der Waals surface area (Å²) in [4.78, 5) is 0. The molecule has 0 aromatic rings. The molecule has 1 heterocycles. The van der Waals surface area contributed by atoms with Crippen molar-refractivity contribution in [3.05, 3.63) is 35.6 Å². The molecule has 21 heavy (non-hydrogen) atoms. The third-order valence-corrected chi connectivity index (χ3v) is 5.23. The van der Waals surface area contributed by atoms with Gasteiger partial charge in [0.1, 0.15) is 0 Å². The minimum absolute atomic E-state index is 0.451. The fourth-order valence-corrected chi connectivity index (χ4v) is 3.87. The zero-order chi connectivity index (χ0) is 14.7. The van der Waals surface area contributed by atoms with E-state index in [0.717, 1.165) is 32.4 Å². The van der Waals surface area contributed by atoms with Crippen LogP contribution < -0.4 is 10.6 Å². The second-order valence-electron chi connectivity index (χ2n) is 6.90. The molecule has 0 bridgehead atoms. The Kier molecular flexibility index (Phi) is 4.51. The summed E-state index contributed by atoms with van der Waals surface area (Å²) in [5, 5.41) is 17.4. The molecule has 0 aromatic heterocycles. The minimum Gasteiger partial charge on any atom is -0.389 e. The number of allylic oxidation sites excluding steroid dienone is 2. The summed E-state index contributed by atoms with van der Waals surface area (Å²) < 4.78 is 0. The molecule has 0 radical (unpaired) electrons. The highest BCUT2D eigenvalue weighted by Gasteiger charge is 2.30. The van der Waals surface area contributed by atoms with Crippen LogP contribution >= 0.6 is 0 Å². The lowest BCUT2D eigenvalue weighted by Gasteiger charge is -2.32. The molecule has 1 aliphatic heterocycles. The monoisotopic (exact) mass is 288 g/mol. The Morgan fingerprint density at radius 1 is 1.33 bits per heavy atom. The molecule has 1 saturated carbocycles. The molecule has 3 rings (SSSR count). The Bertz CT molecular complexity index is 458. The van der Waals surface area contributed by atoms with Gasteiger partial charge in [0.05, 0.1) is 11.6 Å². The molecule has 0 saturated heterocycles. The predicted molar refractivity (Wildman–Crippen MR) is 86.9 cm³/mol. The average molecular weight is 288 g/mol. The van der Waals surface area contributed by atoms with Gasteiger partial charge in [-0.05, 0) is 44.5 Å². The highest BCUT2D eigenvalue weighted by atomic mass is 16.3. The molecule has 0 amide bonds. The zero-order valence-corrected chi connectivity index (χ0v) is 13.1. The molecular weight excluding hydrogens is 260 g/mol. The van der Waals surface area contributed by atoms with Crippen molar-refractivity contribution in [2.75, 3.05) is 13.1 Å². The van der Waals surface area contributed by atoms with Gasteiger partial charge in [0.15, 0.2) is 0 Å². The highest BCUT2D eigenvalue weighted by molar-refractivity contribution is 5.35. The third-order valence-electron chi connectivity index (χ3n) is 5.23. The molecule has 3 N–H and O–H groups in total. The molecule has 2 aliphatic carbocycles. The van der Waals surface area contributed by atoms with Crippen LogP contribution in [0.5, 0.6) is 0 Å². The predicted octanol–water partition coefficient (Wildman–Crippen LogP) is 2.65. The summed E-state index contributed by atoms with van der Waals surface area (Å²) in [5.41, 5.74) is 2.44. The number of aliphatic hydroxyl groups is 1. The van der Waals surface area contributed by atoms with E-state index in [0.29, 0.717) is 12.0 Å². The summed E-state index contributed by atoms with van der Waals surface area (Å²) in [5.74, 6) is 0.523. The summed E-state index contributed by atoms with van der Waals surface area (Å²) >= 11 is 0. The molecule has 116 valence electrons. The lowest BCUT2D eigenvalue weighted by atomic mass is 9.84. The summed E-state index contributed by atoms with van der Waals surface area (Å²) in [6.45, 7) is 3.90. The first-order valence-electron chi connectivity index (χ1n) is 8.41. The minimum atomic E-state index is -0.451. The van der Waals surface area contributed by atoms with E-state index in [2.05, 4.69) is 42.0 Å². The van der Waals surface area contributed by atoms with Crippen LogP contribution in [-0.4, -0.2) is 29.8 Å². The van der Waals surface area contributed by atoms with Crippen LogP contribution in [0.3, 0.4) is 0 Å². The van der Waals surface area contributed by atoms with Crippen LogP contribution in [0, 0.1) is 5.92 Å². The van der Waals surface area contributed by atoms with Crippen LogP contribution in [0.25, 0.3) is 0 Å². The molecule has 3 nitrogen and oxygen atoms in total. The molecular formula is C18H28N2O. The van der Waals surface area contributed by atoms with Gasteiger partial charge in [-0.1, -0.05) is 43.1 Å². The van der Waals surface area contributed by atoms with Crippen molar-refractivity contribution in [1.29, 1.82) is 0 Å². The largest absolute Gasteiger partial charge is 0.389 e. The van der Waals surface area contributed by atoms with E-state index in [4.69, 9.17) is 0 Å². The van der Waals surface area contributed by atoms with E-state index in [1.807, 2.05) is 0 Å². The number of nitrogens with one attached hydrogen (secondary N) is 2. The molecule has 0 spiro atoms. The van der Waals surface area contributed by atoms with Crippen molar-refractivity contribution in [3.8, 4) is 0 Å². The van der Waals surface area contributed by atoms with Gasteiger partial charge in [-0.2, -0.15) is 0 Å². The Balaban J connectivity index is 1.42. The van der Waals surface area contributed by atoms with E-state index in [-0.39, 0.29) is 0 Å². The fourth-order valence-electron chi connectivity index (χ4n) is 3.87. The van der Waals surface area contributed by atoms with E-state index in [1.54, 1.807) is 0 Å². The molecule has 3 heteroatoms. The van der Waals surface area contributed by atoms with Gasteiger partial charge in [-0.25, -0.2) is 0 Å². The van der Waals surface area contributed by atoms with E-state index in [9.17, 15) is 5.11 Å². The summed E-state index contributed by atoms with van der Waals surface area (Å²) in [7, 11) is 0. The van der Waals surface area contributed by atoms with Crippen molar-refractivity contribution < 1.29 is 5.11 Å². The molecule has 2 atom stereocenters. The first-order valence-corrected chi connectivity index (χ1v) is 8.41. The lowest BCUT2D eigenvalue weighted by molar-refractivity contribution is 0.00516. The number of rotatable bonds is 5. The maximum absolute atomic E-state index is 10.5. The smallest absolute Gasteiger partial charge is 0.0771 e. The van der Waals surface area contributed by atoms with Gasteiger partial charge >= 0.3 is 0 Å². The molecule has 3 aliphatic rings. The topological polar surface area (TPSA) is 44.3 Å². The Labute approximate surface area is 128 Å². The number of hydrogen-bond acceptors (Lipinski definition) is 3. The Morgan fingerprint density at radius 3 is 2.95 bits per heavy atom. The van der Waals surface area contributed by atoms with Crippen LogP contribution in [0.2, 0.25) is 0 Å². The first kappa shape index (κ1) is 14.9. The maximum atomic E-state index is 10.5. The SMILES string of the molecule is CC1=CC=CC2C(CCNCC3(O)CCCCC3)=CNC12. The van der Waals surface area contributed by atoms with Gasteiger partial charge in [-0.15, -0.1) is 0 Å². The molecule has 1 fully saturated rings. The summed E-state index contributed by atoms with van der Waals surface area (Å²) in [6.07, 6.45) is 15.5. The Morgan fingerprint density at radius 2 is 2.14 bits per heavy atom. The van der Waals surface area contributed by atoms with E-state index in [1.165, 1.54) is 30.4 Å². The number of fused-ring (bicyclic) bond motifs is 1. The van der Waals surface area contributed by atoms with E-state index < -0.39 is 5.60 Å². The fraction of sp³-hybridized carbons (Fsp3) is 0.667. The standard InChI is InChI=1S/C18H28N2O/c1-14-6-5-7-16-15(12-20-17(14)16)8-11-19-13-18(21)9-3-2-4-10-18/h5-7,12,16-17,19-21H,2-4,8-11,13H2,1H3. The number of hydrogen-bond donors (Lipinski definition) is 3. The van der Waals surface area contributed by atoms with Gasteiger partial charge < -0.3 is 15.7 Å². The van der Waals surface area contributed by atoms with Gasteiger partial charge in [-0.3, -0.25) is 0 Å². The van der Waals surface area contributed by atoms with Crippen molar-refractivity contribution in [2.45, 2.75) is 57.1 Å². The third kappa shape index (κ3) is 3.41. The van der Waals surface area contributed by atoms with Crippen molar-refractivity contribution in [1.82, 2.24) is 10.6 Å². The second kappa shape index (κ2) is 6.37. The highest BCUT2D eigenvalue weighted by Crippen LogP contribution is 2.32. The normalized spacial score (nSPS) is 30.4. The van der Waals surface area contributed by atoms with Gasteiger partial charge in [0.25, 0.3) is 0 Å². The van der Waals surface area contributed by atoms with Crippen LogP contribution in [0.4, 0.5) is 0 Å². The quantitative estimate of drug-likeness (QED) is 0.682. The van der Waals surface area contributed by atoms with Gasteiger partial charge in [0, 0.05) is 12.5 Å². The van der Waals surface area contributed by atoms with Crippen molar-refractivity contribution in [2.24, 2.45) is 5.92 Å². The van der Waals surface area contributed by atoms with Crippen LogP contribution in [0.15, 0.2) is 35.6 Å². The maximum Gasteiger partial charge on any atom is 0.0771 e. The van der Waals surface area contributed by atoms with Gasteiger partial charge in [0.2, 0.25) is 0 Å². The molecule has 0 aromatic carbocycles. The van der Waals surface area contributed by atoms with Crippen molar-refractivity contribution in [3.63, 3.8) is 0 Å². The molecule has 2 unspecified atom stereocenters. The first-order chi connectivity index (χ1) is 10.2. The van der Waals surface area contributed by atoms with Crippen molar-refractivity contribution >= 4 is 0 Å².